The lowest BCUT2D eigenvalue weighted by molar-refractivity contribution is -0.125. The van der Waals surface area contributed by atoms with E-state index in [-0.39, 0.29) is 0 Å². The first-order valence-electron chi connectivity index (χ1n) is 7.88. The summed E-state index contributed by atoms with van der Waals surface area (Å²) >= 11 is 0. The highest BCUT2D eigenvalue weighted by molar-refractivity contribution is 6.56. The molecule has 6 nitrogen and oxygen atoms in total. The Morgan fingerprint density at radius 2 is 1.70 bits per heavy atom. The standard InChI is InChI=1S/C16H26BNO5/c1-10-11(17-22-15(5,6)16(7,8)23-17)9-12(19)18(10)13(20)21-14(2,3)4/h9-10H,1-8H3. The summed E-state index contributed by atoms with van der Waals surface area (Å²) in [6.07, 6.45) is 0.759. The summed E-state index contributed by atoms with van der Waals surface area (Å²) in [5, 5.41) is 0. The van der Waals surface area contributed by atoms with E-state index in [1.165, 1.54) is 6.08 Å². The van der Waals surface area contributed by atoms with Gasteiger partial charge in [-0.1, -0.05) is 0 Å². The Bertz CT molecular complexity index is 545. The van der Waals surface area contributed by atoms with Crippen LogP contribution in [0.5, 0.6) is 0 Å². The van der Waals surface area contributed by atoms with Crippen LogP contribution in [-0.2, 0) is 18.8 Å². The van der Waals surface area contributed by atoms with E-state index in [1.54, 1.807) is 27.7 Å². The smallest absolute Gasteiger partial charge is 0.443 e. The van der Waals surface area contributed by atoms with Crippen LogP contribution in [0.15, 0.2) is 11.5 Å². The number of amides is 2. The first-order valence-corrected chi connectivity index (χ1v) is 7.88. The summed E-state index contributed by atoms with van der Waals surface area (Å²) < 4.78 is 17.3. The van der Waals surface area contributed by atoms with Gasteiger partial charge in [0, 0.05) is 6.08 Å². The number of carbonyl (C=O) groups is 2. The van der Waals surface area contributed by atoms with Gasteiger partial charge in [-0.2, -0.15) is 0 Å². The molecule has 2 aliphatic rings. The summed E-state index contributed by atoms with van der Waals surface area (Å²) in [6, 6.07) is -0.466. The highest BCUT2D eigenvalue weighted by atomic mass is 16.7. The van der Waals surface area contributed by atoms with Gasteiger partial charge in [0.2, 0.25) is 0 Å². The molecule has 1 saturated heterocycles. The molecule has 1 atom stereocenters. The number of hydrogen-bond donors (Lipinski definition) is 0. The lowest BCUT2D eigenvalue weighted by Gasteiger charge is -2.32. The van der Waals surface area contributed by atoms with Gasteiger partial charge in [-0.15, -0.1) is 0 Å². The molecule has 0 bridgehead atoms. The van der Waals surface area contributed by atoms with Gasteiger partial charge in [0.25, 0.3) is 5.91 Å². The van der Waals surface area contributed by atoms with Crippen molar-refractivity contribution in [1.82, 2.24) is 4.90 Å². The number of carbonyl (C=O) groups excluding carboxylic acids is 2. The van der Waals surface area contributed by atoms with Crippen LogP contribution in [0, 0.1) is 0 Å². The van der Waals surface area contributed by atoms with Gasteiger partial charge < -0.3 is 14.0 Å². The molecule has 0 aromatic heterocycles. The van der Waals surface area contributed by atoms with Gasteiger partial charge >= 0.3 is 13.2 Å². The maximum atomic E-state index is 12.3. The first-order chi connectivity index (χ1) is 10.3. The van der Waals surface area contributed by atoms with Crippen molar-refractivity contribution in [2.24, 2.45) is 0 Å². The molecule has 0 saturated carbocycles. The third kappa shape index (κ3) is 3.31. The van der Waals surface area contributed by atoms with Gasteiger partial charge in [0.1, 0.15) is 5.60 Å². The monoisotopic (exact) mass is 323 g/mol. The molecule has 0 aliphatic carbocycles. The number of rotatable bonds is 1. The zero-order chi connectivity index (χ0) is 17.8. The van der Waals surface area contributed by atoms with Crippen molar-refractivity contribution in [1.29, 1.82) is 0 Å². The van der Waals surface area contributed by atoms with E-state index in [0.29, 0.717) is 5.47 Å². The maximum Gasteiger partial charge on any atom is 0.492 e. The van der Waals surface area contributed by atoms with Crippen LogP contribution < -0.4 is 0 Å². The molecule has 0 spiro atoms. The Morgan fingerprint density at radius 1 is 1.22 bits per heavy atom. The van der Waals surface area contributed by atoms with Gasteiger partial charge in [-0.05, 0) is 60.9 Å². The lowest BCUT2D eigenvalue weighted by Crippen LogP contribution is -2.44. The molecular formula is C16H26BNO5. The van der Waals surface area contributed by atoms with E-state index in [1.807, 2.05) is 27.7 Å². The summed E-state index contributed by atoms with van der Waals surface area (Å²) in [4.78, 5) is 25.6. The minimum Gasteiger partial charge on any atom is -0.443 e. The van der Waals surface area contributed by atoms with Crippen molar-refractivity contribution in [3.8, 4) is 0 Å². The number of nitrogens with zero attached hydrogens (tertiary/aromatic N) is 1. The van der Waals surface area contributed by atoms with Gasteiger partial charge in [0.15, 0.2) is 0 Å². The number of ether oxygens (including phenoxy) is 1. The van der Waals surface area contributed by atoms with Crippen molar-refractivity contribution in [2.45, 2.75) is 78.2 Å². The Morgan fingerprint density at radius 3 is 2.13 bits per heavy atom. The molecule has 2 amide bonds. The predicted molar refractivity (Wildman–Crippen MR) is 86.7 cm³/mol. The maximum absolute atomic E-state index is 12.3. The molecule has 7 heteroatoms. The van der Waals surface area contributed by atoms with E-state index < -0.39 is 42.0 Å². The normalized spacial score (nSPS) is 26.5. The molecule has 0 aromatic carbocycles. The second kappa shape index (κ2) is 5.35. The van der Waals surface area contributed by atoms with E-state index in [2.05, 4.69) is 0 Å². The number of imide groups is 1. The molecule has 2 heterocycles. The third-order valence-corrected chi connectivity index (χ3v) is 4.51. The number of hydrogen-bond acceptors (Lipinski definition) is 5. The molecule has 0 N–H and O–H groups in total. The highest BCUT2D eigenvalue weighted by Gasteiger charge is 2.55. The fourth-order valence-electron chi connectivity index (χ4n) is 2.48. The quantitative estimate of drug-likeness (QED) is 0.694. The molecule has 128 valence electrons. The molecule has 1 fully saturated rings. The van der Waals surface area contributed by atoms with Crippen LogP contribution in [0.1, 0.15) is 55.4 Å². The SMILES string of the molecule is CC1C(B2OC(C)(C)C(C)(C)O2)=CC(=O)N1C(=O)OC(C)(C)C. The lowest BCUT2D eigenvalue weighted by atomic mass is 9.75. The average Bonchev–Trinajstić information content (AvgIpc) is 2.71. The zero-order valence-electron chi connectivity index (χ0n) is 15.2. The zero-order valence-corrected chi connectivity index (χ0v) is 15.2. The van der Waals surface area contributed by atoms with E-state index in [9.17, 15) is 9.59 Å². The van der Waals surface area contributed by atoms with Crippen molar-refractivity contribution in [3.05, 3.63) is 11.5 Å². The fraction of sp³-hybridized carbons (Fsp3) is 0.750. The summed E-state index contributed by atoms with van der Waals surface area (Å²) in [7, 11) is -0.647. The van der Waals surface area contributed by atoms with Gasteiger partial charge in [-0.3, -0.25) is 4.79 Å². The molecule has 0 aromatic rings. The summed E-state index contributed by atoms with van der Waals surface area (Å²) in [5.41, 5.74) is -1.02. The van der Waals surface area contributed by atoms with E-state index in [0.717, 1.165) is 4.90 Å². The van der Waals surface area contributed by atoms with Crippen LogP contribution >= 0.6 is 0 Å². The molecule has 0 radical (unpaired) electrons. The second-order valence-corrected chi connectivity index (χ2v) is 8.10. The topological polar surface area (TPSA) is 65.1 Å². The molecule has 1 unspecified atom stereocenters. The fourth-order valence-corrected chi connectivity index (χ4v) is 2.48. The first kappa shape index (κ1) is 18.0. The summed E-state index contributed by atoms with van der Waals surface area (Å²) in [5.74, 6) is -0.406. The van der Waals surface area contributed by atoms with Crippen molar-refractivity contribution < 1.29 is 23.6 Å². The molecule has 2 aliphatic heterocycles. The van der Waals surface area contributed by atoms with E-state index >= 15 is 0 Å². The Hall–Kier alpha value is -1.34. The molecular weight excluding hydrogens is 297 g/mol. The second-order valence-electron chi connectivity index (χ2n) is 8.10. The predicted octanol–water partition coefficient (Wildman–Crippen LogP) is 2.71. The molecule has 2 rings (SSSR count). The Balaban J connectivity index is 2.17. The molecule has 23 heavy (non-hydrogen) atoms. The highest BCUT2D eigenvalue weighted by Crippen LogP contribution is 2.40. The van der Waals surface area contributed by atoms with Crippen LogP contribution in [-0.4, -0.2) is 46.9 Å². The van der Waals surface area contributed by atoms with Crippen LogP contribution in [0.2, 0.25) is 0 Å². The van der Waals surface area contributed by atoms with Gasteiger partial charge in [-0.25, -0.2) is 9.69 Å². The minimum atomic E-state index is -0.663. The van der Waals surface area contributed by atoms with Crippen molar-refractivity contribution in [2.75, 3.05) is 0 Å². The minimum absolute atomic E-state index is 0.406. The van der Waals surface area contributed by atoms with Crippen molar-refractivity contribution >= 4 is 19.1 Å². The summed E-state index contributed by atoms with van der Waals surface area (Å²) in [6.45, 7) is 14.8. The van der Waals surface area contributed by atoms with Crippen LogP contribution in [0.4, 0.5) is 4.79 Å². The average molecular weight is 323 g/mol. The van der Waals surface area contributed by atoms with Gasteiger partial charge in [0.05, 0.1) is 17.2 Å². The van der Waals surface area contributed by atoms with Crippen molar-refractivity contribution in [3.63, 3.8) is 0 Å². The van der Waals surface area contributed by atoms with Crippen LogP contribution in [0.3, 0.4) is 0 Å². The third-order valence-electron chi connectivity index (χ3n) is 4.51. The Kier molecular flexibility index (Phi) is 4.19. The largest absolute Gasteiger partial charge is 0.492 e. The van der Waals surface area contributed by atoms with Crippen LogP contribution in [0.25, 0.3) is 0 Å². The van der Waals surface area contributed by atoms with E-state index in [4.69, 9.17) is 14.0 Å². The Labute approximate surface area is 138 Å².